The van der Waals surface area contributed by atoms with E-state index in [0.29, 0.717) is 0 Å². The number of nitrogens with zero attached hydrogens (tertiary/aromatic N) is 2. The number of hydrogen-bond acceptors (Lipinski definition) is 5. The molecule has 4 nitrogen and oxygen atoms in total. The summed E-state index contributed by atoms with van der Waals surface area (Å²) >= 11 is 1.52. The van der Waals surface area contributed by atoms with E-state index in [2.05, 4.69) is 9.72 Å². The van der Waals surface area contributed by atoms with E-state index in [-0.39, 0.29) is 12.5 Å². The second-order valence-electron chi connectivity index (χ2n) is 2.70. The Labute approximate surface area is 81.2 Å². The molecule has 1 heterocycles. The van der Waals surface area contributed by atoms with Crippen LogP contribution in [0, 0.1) is 6.92 Å². The Bertz CT molecular complexity index is 298. The molecule has 1 aromatic rings. The Morgan fingerprint density at radius 2 is 2.46 bits per heavy atom. The molecule has 0 aliphatic heterocycles. The van der Waals surface area contributed by atoms with E-state index >= 15 is 0 Å². The van der Waals surface area contributed by atoms with Gasteiger partial charge in [-0.1, -0.05) is 0 Å². The quantitative estimate of drug-likeness (QED) is 0.684. The minimum absolute atomic E-state index is 0.240. The monoisotopic (exact) mass is 200 g/mol. The number of likely N-dealkylation sites (N-methyl/N-ethyl adjacent to an activating group) is 1. The number of anilines is 1. The van der Waals surface area contributed by atoms with Crippen LogP contribution < -0.4 is 4.90 Å². The highest BCUT2D eigenvalue weighted by Crippen LogP contribution is 2.18. The lowest BCUT2D eigenvalue weighted by molar-refractivity contribution is -0.138. The second-order valence-corrected chi connectivity index (χ2v) is 3.54. The maximum Gasteiger partial charge on any atom is 0.325 e. The van der Waals surface area contributed by atoms with Crippen LogP contribution in [0.3, 0.4) is 0 Å². The maximum absolute atomic E-state index is 10.9. The lowest BCUT2D eigenvalue weighted by Crippen LogP contribution is -2.26. The molecular weight excluding hydrogens is 188 g/mol. The Hall–Kier alpha value is -1.10. The van der Waals surface area contributed by atoms with Crippen LogP contribution in [-0.4, -0.2) is 31.7 Å². The van der Waals surface area contributed by atoms with Gasteiger partial charge in [-0.2, -0.15) is 0 Å². The van der Waals surface area contributed by atoms with Crippen LogP contribution in [0.25, 0.3) is 0 Å². The molecule has 0 saturated heterocycles. The van der Waals surface area contributed by atoms with Crippen molar-refractivity contribution in [3.8, 4) is 0 Å². The van der Waals surface area contributed by atoms with Crippen molar-refractivity contribution in [2.24, 2.45) is 0 Å². The molecule has 0 N–H and O–H groups in total. The number of ether oxygens (including phenoxy) is 1. The molecular formula is C8H12N2O2S. The Morgan fingerprint density at radius 3 is 2.92 bits per heavy atom. The molecule has 13 heavy (non-hydrogen) atoms. The van der Waals surface area contributed by atoms with Gasteiger partial charge >= 0.3 is 5.97 Å². The summed E-state index contributed by atoms with van der Waals surface area (Å²) in [5.74, 6) is -0.254. The summed E-state index contributed by atoms with van der Waals surface area (Å²) < 4.78 is 4.55. The first-order chi connectivity index (χ1) is 6.13. The molecule has 0 radical (unpaired) electrons. The zero-order chi connectivity index (χ0) is 9.84. The van der Waals surface area contributed by atoms with E-state index in [1.54, 1.807) is 4.90 Å². The summed E-state index contributed by atoms with van der Waals surface area (Å²) in [7, 11) is 3.19. The van der Waals surface area contributed by atoms with E-state index in [1.165, 1.54) is 18.4 Å². The van der Waals surface area contributed by atoms with Crippen LogP contribution in [0.4, 0.5) is 5.13 Å². The van der Waals surface area contributed by atoms with Crippen molar-refractivity contribution in [3.63, 3.8) is 0 Å². The number of aryl methyl sites for hydroxylation is 1. The third-order valence-electron chi connectivity index (χ3n) is 1.53. The summed E-state index contributed by atoms with van der Waals surface area (Å²) in [5.41, 5.74) is 0.969. The van der Waals surface area contributed by atoms with E-state index < -0.39 is 0 Å². The van der Waals surface area contributed by atoms with E-state index in [4.69, 9.17) is 0 Å². The Balaban J connectivity index is 2.58. The van der Waals surface area contributed by atoms with E-state index in [0.717, 1.165) is 10.8 Å². The highest BCUT2D eigenvalue weighted by atomic mass is 32.1. The molecule has 5 heteroatoms. The first-order valence-electron chi connectivity index (χ1n) is 3.83. The summed E-state index contributed by atoms with van der Waals surface area (Å²) in [6.07, 6.45) is 0. The second kappa shape index (κ2) is 4.23. The molecule has 0 aromatic carbocycles. The van der Waals surface area contributed by atoms with Crippen molar-refractivity contribution < 1.29 is 9.53 Å². The smallest absolute Gasteiger partial charge is 0.325 e. The van der Waals surface area contributed by atoms with Crippen molar-refractivity contribution in [1.29, 1.82) is 0 Å². The zero-order valence-corrected chi connectivity index (χ0v) is 8.72. The number of hydrogen-bond donors (Lipinski definition) is 0. The van der Waals surface area contributed by atoms with Crippen LogP contribution in [-0.2, 0) is 9.53 Å². The highest BCUT2D eigenvalue weighted by Gasteiger charge is 2.09. The van der Waals surface area contributed by atoms with Crippen LogP contribution in [0.2, 0.25) is 0 Å². The fourth-order valence-electron chi connectivity index (χ4n) is 0.843. The molecule has 0 aliphatic carbocycles. The van der Waals surface area contributed by atoms with Crippen LogP contribution in [0.1, 0.15) is 5.69 Å². The van der Waals surface area contributed by atoms with Crippen molar-refractivity contribution in [2.45, 2.75) is 6.92 Å². The molecule has 0 unspecified atom stereocenters. The average Bonchev–Trinajstić information content (AvgIpc) is 2.51. The summed E-state index contributed by atoms with van der Waals surface area (Å²) in [5, 5.41) is 2.78. The third kappa shape index (κ3) is 2.69. The van der Waals surface area contributed by atoms with Crippen molar-refractivity contribution >= 4 is 22.4 Å². The van der Waals surface area contributed by atoms with Crippen LogP contribution in [0.15, 0.2) is 5.38 Å². The SMILES string of the molecule is COC(=O)CN(C)c1nc(C)cs1. The normalized spacial score (nSPS) is 9.77. The van der Waals surface area contributed by atoms with Gasteiger partial charge in [0.25, 0.3) is 0 Å². The van der Waals surface area contributed by atoms with Gasteiger partial charge in [0.1, 0.15) is 6.54 Å². The zero-order valence-electron chi connectivity index (χ0n) is 7.90. The lowest BCUT2D eigenvalue weighted by atomic mass is 10.6. The topological polar surface area (TPSA) is 42.4 Å². The van der Waals surface area contributed by atoms with Gasteiger partial charge in [0.05, 0.1) is 12.8 Å². The molecule has 72 valence electrons. The van der Waals surface area contributed by atoms with Crippen LogP contribution in [0.5, 0.6) is 0 Å². The molecule has 0 bridgehead atoms. The number of methoxy groups -OCH3 is 1. The summed E-state index contributed by atoms with van der Waals surface area (Å²) in [6.45, 7) is 2.16. The fourth-order valence-corrected chi connectivity index (χ4v) is 1.61. The number of carbonyl (C=O) groups excluding carboxylic acids is 1. The fraction of sp³-hybridized carbons (Fsp3) is 0.500. The van der Waals surface area contributed by atoms with Crippen LogP contribution >= 0.6 is 11.3 Å². The van der Waals surface area contributed by atoms with Gasteiger partial charge in [0.2, 0.25) is 0 Å². The third-order valence-corrected chi connectivity index (χ3v) is 2.60. The first kappa shape index (κ1) is 9.98. The minimum Gasteiger partial charge on any atom is -0.468 e. The standard InChI is InChI=1S/C8H12N2O2S/c1-6-5-13-8(9-6)10(2)4-7(11)12-3/h5H,4H2,1-3H3. The predicted molar refractivity (Wildman–Crippen MR) is 52.1 cm³/mol. The number of carbonyl (C=O) groups is 1. The van der Waals surface area contributed by atoms with Gasteiger partial charge in [-0.25, -0.2) is 4.98 Å². The minimum atomic E-state index is -0.254. The van der Waals surface area contributed by atoms with Gasteiger partial charge in [-0.05, 0) is 6.92 Å². The number of aromatic nitrogens is 1. The molecule has 0 saturated carbocycles. The number of esters is 1. The molecule has 0 atom stereocenters. The molecule has 1 aromatic heterocycles. The molecule has 0 aliphatic rings. The van der Waals surface area contributed by atoms with E-state index in [9.17, 15) is 4.79 Å². The van der Waals surface area contributed by atoms with Gasteiger partial charge in [0, 0.05) is 12.4 Å². The van der Waals surface area contributed by atoms with Crippen molar-refractivity contribution in [3.05, 3.63) is 11.1 Å². The maximum atomic E-state index is 10.9. The lowest BCUT2D eigenvalue weighted by Gasteiger charge is -2.13. The van der Waals surface area contributed by atoms with Gasteiger partial charge in [0.15, 0.2) is 5.13 Å². The predicted octanol–water partition coefficient (Wildman–Crippen LogP) is 1.06. The largest absolute Gasteiger partial charge is 0.468 e. The van der Waals surface area contributed by atoms with E-state index in [1.807, 2.05) is 19.4 Å². The number of thiazole rings is 1. The number of rotatable bonds is 3. The molecule has 0 fully saturated rings. The van der Waals surface area contributed by atoms with Gasteiger partial charge in [-0.3, -0.25) is 4.79 Å². The van der Waals surface area contributed by atoms with Gasteiger partial charge < -0.3 is 9.64 Å². The van der Waals surface area contributed by atoms with Gasteiger partial charge in [-0.15, -0.1) is 11.3 Å². The molecule has 0 spiro atoms. The van der Waals surface area contributed by atoms with Crippen molar-refractivity contribution in [1.82, 2.24) is 4.98 Å². The Kier molecular flexibility index (Phi) is 3.25. The average molecular weight is 200 g/mol. The first-order valence-corrected chi connectivity index (χ1v) is 4.71. The van der Waals surface area contributed by atoms with Crippen molar-refractivity contribution in [2.75, 3.05) is 25.6 Å². The molecule has 1 rings (SSSR count). The molecule has 0 amide bonds. The highest BCUT2D eigenvalue weighted by molar-refractivity contribution is 7.13. The Morgan fingerprint density at radius 1 is 1.77 bits per heavy atom. The summed E-state index contributed by atoms with van der Waals surface area (Å²) in [6, 6.07) is 0. The summed E-state index contributed by atoms with van der Waals surface area (Å²) in [4.78, 5) is 16.9.